The van der Waals surface area contributed by atoms with Crippen LogP contribution in [-0.2, 0) is 28.5 Å². The van der Waals surface area contributed by atoms with E-state index in [1.807, 2.05) is 13.0 Å². The smallest absolute Gasteiger partial charge is 0.304 e. The van der Waals surface area contributed by atoms with Gasteiger partial charge in [-0.2, -0.15) is 0 Å². The van der Waals surface area contributed by atoms with E-state index >= 15 is 0 Å². The van der Waals surface area contributed by atoms with Gasteiger partial charge in [-0.1, -0.05) is 6.92 Å². The molecule has 5 rings (SSSR count). The molecule has 168 valence electrons. The van der Waals surface area contributed by atoms with Crippen molar-refractivity contribution < 1.29 is 38.1 Å². The van der Waals surface area contributed by atoms with Crippen LogP contribution in [0.25, 0.3) is 0 Å². The van der Waals surface area contributed by atoms with Gasteiger partial charge in [0.2, 0.25) is 12.1 Å². The zero-order chi connectivity index (χ0) is 22.0. The van der Waals surface area contributed by atoms with Crippen LogP contribution in [0.3, 0.4) is 0 Å². The molecule has 31 heavy (non-hydrogen) atoms. The number of ether oxygens (including phenoxy) is 4. The molecule has 3 heterocycles. The minimum absolute atomic E-state index is 0.119. The number of fused-ring (bicyclic) bond motifs is 1. The lowest BCUT2D eigenvalue weighted by Crippen LogP contribution is -2.65. The predicted octanol–water partition coefficient (Wildman–Crippen LogP) is 3.01. The quantitative estimate of drug-likeness (QED) is 0.574. The Morgan fingerprint density at radius 3 is 2.68 bits per heavy atom. The van der Waals surface area contributed by atoms with Gasteiger partial charge in [-0.25, -0.2) is 0 Å². The summed E-state index contributed by atoms with van der Waals surface area (Å²) in [6.45, 7) is 4.92. The molecule has 2 aliphatic carbocycles. The van der Waals surface area contributed by atoms with Gasteiger partial charge >= 0.3 is 11.9 Å². The summed E-state index contributed by atoms with van der Waals surface area (Å²) in [5, 5.41) is 11.6. The average Bonchev–Trinajstić information content (AvgIpc) is 3.43. The second-order valence-electron chi connectivity index (χ2n) is 9.21. The highest BCUT2D eigenvalue weighted by molar-refractivity contribution is 5.67. The second-order valence-corrected chi connectivity index (χ2v) is 9.21. The molecule has 0 radical (unpaired) electrons. The molecule has 1 aromatic rings. The molecular weight excluding hydrogens is 404 g/mol. The van der Waals surface area contributed by atoms with Crippen molar-refractivity contribution >= 4 is 11.9 Å². The minimum Gasteiger partial charge on any atom is -0.472 e. The van der Waals surface area contributed by atoms with E-state index in [0.717, 1.165) is 36.0 Å². The van der Waals surface area contributed by atoms with Crippen molar-refractivity contribution in [1.82, 2.24) is 0 Å². The molecule has 2 fully saturated rings. The van der Waals surface area contributed by atoms with E-state index in [1.54, 1.807) is 12.5 Å². The standard InChI is InChI=1S/C23H28O8/c1-12-20(29-13(2)24)23(26)19-16(11-28-23)5-4-6-17(19)22(12)9-18(15-7-8-27-10-15)31-21(22)30-14(3)25/h7-8,10,12,17-18,20-21,26H,4-6,9,11H2,1-3H3/t12-,17+,18+,20+,21-,22-,23-/m1/s1. The van der Waals surface area contributed by atoms with Crippen LogP contribution in [-0.4, -0.2) is 41.8 Å². The Bertz CT molecular complexity index is 920. The number of carbonyl (C=O) groups is 2. The maximum absolute atomic E-state index is 12.1. The Labute approximate surface area is 180 Å². The third kappa shape index (κ3) is 2.92. The summed E-state index contributed by atoms with van der Waals surface area (Å²) in [5.74, 6) is -3.12. The number of rotatable bonds is 3. The number of hydrogen-bond acceptors (Lipinski definition) is 8. The number of aliphatic hydroxyl groups is 1. The third-order valence-electron chi connectivity index (χ3n) is 7.64. The van der Waals surface area contributed by atoms with E-state index in [2.05, 4.69) is 0 Å². The fourth-order valence-electron chi connectivity index (χ4n) is 6.44. The lowest BCUT2D eigenvalue weighted by molar-refractivity contribution is -0.287. The van der Waals surface area contributed by atoms with Crippen molar-refractivity contribution in [2.45, 2.75) is 70.7 Å². The van der Waals surface area contributed by atoms with Crippen LogP contribution in [0.15, 0.2) is 34.2 Å². The van der Waals surface area contributed by atoms with Crippen molar-refractivity contribution in [2.24, 2.45) is 17.3 Å². The third-order valence-corrected chi connectivity index (χ3v) is 7.64. The molecular formula is C23H28O8. The Morgan fingerprint density at radius 2 is 2.00 bits per heavy atom. The van der Waals surface area contributed by atoms with Crippen LogP contribution in [0.1, 0.15) is 58.1 Å². The van der Waals surface area contributed by atoms with Crippen molar-refractivity contribution in [1.29, 1.82) is 0 Å². The molecule has 8 heteroatoms. The van der Waals surface area contributed by atoms with Crippen LogP contribution >= 0.6 is 0 Å². The molecule has 1 N–H and O–H groups in total. The first-order valence-electron chi connectivity index (χ1n) is 10.9. The Kier molecular flexibility index (Phi) is 4.80. The molecule has 7 atom stereocenters. The van der Waals surface area contributed by atoms with Gasteiger partial charge in [-0.05, 0) is 48.8 Å². The van der Waals surface area contributed by atoms with Crippen molar-refractivity contribution in [3.05, 3.63) is 35.3 Å². The molecule has 0 amide bonds. The monoisotopic (exact) mass is 432 g/mol. The Balaban J connectivity index is 1.66. The first-order chi connectivity index (χ1) is 14.8. The van der Waals surface area contributed by atoms with Crippen molar-refractivity contribution in [3.8, 4) is 0 Å². The lowest BCUT2D eigenvalue weighted by atomic mass is 9.51. The first kappa shape index (κ1) is 20.7. The van der Waals surface area contributed by atoms with Crippen molar-refractivity contribution in [2.75, 3.05) is 6.61 Å². The van der Waals surface area contributed by atoms with Gasteiger partial charge in [0.1, 0.15) is 0 Å². The zero-order valence-electron chi connectivity index (χ0n) is 18.0. The number of furan rings is 1. The molecule has 8 nitrogen and oxygen atoms in total. The highest BCUT2D eigenvalue weighted by atomic mass is 16.7. The fourth-order valence-corrected chi connectivity index (χ4v) is 6.44. The first-order valence-corrected chi connectivity index (χ1v) is 10.9. The van der Waals surface area contributed by atoms with Gasteiger partial charge in [-0.3, -0.25) is 9.59 Å². The summed E-state index contributed by atoms with van der Waals surface area (Å²) in [6, 6.07) is 1.84. The molecule has 1 saturated heterocycles. The molecule has 0 aromatic carbocycles. The Hall–Kier alpha value is -2.16. The molecule has 0 unspecified atom stereocenters. The number of hydrogen-bond donors (Lipinski definition) is 1. The topological polar surface area (TPSA) is 104 Å². The van der Waals surface area contributed by atoms with Crippen LogP contribution in [0.2, 0.25) is 0 Å². The molecule has 1 spiro atoms. The summed E-state index contributed by atoms with van der Waals surface area (Å²) in [5.41, 5.74) is 2.01. The minimum atomic E-state index is -1.66. The molecule has 1 aromatic heterocycles. The van der Waals surface area contributed by atoms with Crippen molar-refractivity contribution in [3.63, 3.8) is 0 Å². The normalized spacial score (nSPS) is 41.4. The van der Waals surface area contributed by atoms with E-state index in [1.165, 1.54) is 13.8 Å². The summed E-state index contributed by atoms with van der Waals surface area (Å²) < 4.78 is 28.9. The summed E-state index contributed by atoms with van der Waals surface area (Å²) in [6.07, 6.45) is 4.21. The molecule has 1 saturated carbocycles. The van der Waals surface area contributed by atoms with Gasteiger partial charge in [0, 0.05) is 30.7 Å². The van der Waals surface area contributed by atoms with Crippen LogP contribution in [0.5, 0.6) is 0 Å². The summed E-state index contributed by atoms with van der Waals surface area (Å²) in [7, 11) is 0. The molecule has 2 aliphatic heterocycles. The van der Waals surface area contributed by atoms with E-state index in [-0.39, 0.29) is 12.0 Å². The van der Waals surface area contributed by atoms with Gasteiger partial charge in [0.05, 0.1) is 25.2 Å². The largest absolute Gasteiger partial charge is 0.472 e. The summed E-state index contributed by atoms with van der Waals surface area (Å²) in [4.78, 5) is 24.1. The highest BCUT2D eigenvalue weighted by Crippen LogP contribution is 2.67. The van der Waals surface area contributed by atoms with Gasteiger partial charge in [-0.15, -0.1) is 0 Å². The van der Waals surface area contributed by atoms with Gasteiger partial charge in [0.15, 0.2) is 6.10 Å². The average molecular weight is 432 g/mol. The van der Waals surface area contributed by atoms with Crippen LogP contribution in [0, 0.1) is 17.3 Å². The van der Waals surface area contributed by atoms with Crippen LogP contribution < -0.4 is 0 Å². The maximum atomic E-state index is 12.1. The van der Waals surface area contributed by atoms with Gasteiger partial charge in [0.25, 0.3) is 0 Å². The zero-order valence-corrected chi connectivity index (χ0v) is 18.0. The lowest BCUT2D eigenvalue weighted by Gasteiger charge is -2.56. The summed E-state index contributed by atoms with van der Waals surface area (Å²) >= 11 is 0. The second kappa shape index (κ2) is 7.18. The molecule has 0 bridgehead atoms. The maximum Gasteiger partial charge on any atom is 0.304 e. The van der Waals surface area contributed by atoms with E-state index < -0.39 is 41.5 Å². The molecule has 4 aliphatic rings. The Morgan fingerprint density at radius 1 is 1.23 bits per heavy atom. The van der Waals surface area contributed by atoms with Gasteiger partial charge < -0.3 is 28.5 Å². The van der Waals surface area contributed by atoms with E-state index in [9.17, 15) is 14.7 Å². The number of esters is 2. The SMILES string of the molecule is CC(=O)O[C@@H]1O[C@H](c2ccoc2)C[C@]12[C@H](C)[C@H](OC(C)=O)[C@]1(O)OCC3=C1[C@@H]2CCC3. The fraction of sp³-hybridized carbons (Fsp3) is 0.652. The number of carbonyl (C=O) groups excluding carboxylic acids is 2. The highest BCUT2D eigenvalue weighted by Gasteiger charge is 2.71. The predicted molar refractivity (Wildman–Crippen MR) is 105 cm³/mol. The van der Waals surface area contributed by atoms with E-state index in [4.69, 9.17) is 23.4 Å². The van der Waals surface area contributed by atoms with Crippen LogP contribution in [0.4, 0.5) is 0 Å². The van der Waals surface area contributed by atoms with E-state index in [0.29, 0.717) is 13.0 Å².